The van der Waals surface area contributed by atoms with Crippen LogP contribution in [0.1, 0.15) is 31.1 Å². The lowest BCUT2D eigenvalue weighted by atomic mass is 12.0. The predicted octanol–water partition coefficient (Wildman–Crippen LogP) is 1.91. The van der Waals surface area contributed by atoms with Crippen molar-refractivity contribution in [1.82, 2.24) is 11.2 Å². The third-order valence-electron chi connectivity index (χ3n) is 0.156. The number of nitrogens with zero attached hydrogens (tertiary/aromatic N) is 5. The highest BCUT2D eigenvalue weighted by Crippen LogP contribution is 1.46. The maximum atomic E-state index is 8.76. The molecule has 0 bridgehead atoms. The van der Waals surface area contributed by atoms with E-state index in [2.05, 4.69) is 15.6 Å². The lowest BCUT2D eigenvalue weighted by Crippen LogP contribution is -1.98. The fourth-order valence-corrected chi connectivity index (χ4v) is 0.0333. The molecule has 0 aliphatic rings. The molecule has 0 rings (SSSR count). The number of nitrogens with one attached hydrogen (secondary N) is 3. The van der Waals surface area contributed by atoms with Gasteiger partial charge in [0.25, 0.3) is 0 Å². The van der Waals surface area contributed by atoms with Gasteiger partial charge in [-0.1, -0.05) is 45.3 Å². The summed E-state index contributed by atoms with van der Waals surface area (Å²) < 4.78 is 0. The van der Waals surface area contributed by atoms with E-state index in [1.165, 1.54) is 27.2 Å². The van der Waals surface area contributed by atoms with Crippen molar-refractivity contribution < 1.29 is 43.0 Å². The summed E-state index contributed by atoms with van der Waals surface area (Å²) in [5, 5.41) is 41.8. The molecular formula is C4H27N8O14+. The van der Waals surface area contributed by atoms with Gasteiger partial charge in [-0.3, -0.25) is 0 Å². The highest BCUT2D eigenvalue weighted by atomic mass is 17.2. The molecule has 0 aromatic rings. The zero-order chi connectivity index (χ0) is 18.4. The molecule has 22 nitrogen and oxygen atoms in total. The van der Waals surface area contributed by atoms with E-state index in [4.69, 9.17) is 55.6 Å². The van der Waals surface area contributed by atoms with Crippen LogP contribution in [0.4, 0.5) is 0 Å². The summed E-state index contributed by atoms with van der Waals surface area (Å²) in [6.45, 7) is 0. The Morgan fingerprint density at radius 3 is 0.769 bits per heavy atom. The van der Waals surface area contributed by atoms with Crippen LogP contribution >= 0.6 is 0 Å². The molecule has 0 unspecified atom stereocenters. The number of rotatable bonds is 4. The molecule has 26 heavy (non-hydrogen) atoms. The third-order valence-corrected chi connectivity index (χ3v) is 0.156. The van der Waals surface area contributed by atoms with Crippen molar-refractivity contribution in [2.45, 2.75) is 29.7 Å². The van der Waals surface area contributed by atoms with Gasteiger partial charge in [0, 0.05) is 0 Å². The Hall–Kier alpha value is -3.60. The van der Waals surface area contributed by atoms with Crippen molar-refractivity contribution in [3.63, 3.8) is 0 Å². The first-order valence-corrected chi connectivity index (χ1v) is 2.94. The van der Waals surface area contributed by atoms with Gasteiger partial charge in [0.15, 0.2) is 16.0 Å². The van der Waals surface area contributed by atoms with Crippen molar-refractivity contribution in [2.75, 3.05) is 0 Å². The molecule has 0 fully saturated rings. The Morgan fingerprint density at radius 1 is 0.654 bits per heavy atom. The van der Waals surface area contributed by atoms with E-state index < -0.39 is 0 Å². The first kappa shape index (κ1) is 78.9. The minimum atomic E-state index is 0. The molecule has 10 N–H and O–H groups in total. The average molecular weight is 411 g/mol. The maximum absolute atomic E-state index is 8.76. The standard InChI is InChI=1S/4CH4.2H2N2O3.3HNO2.HNO.H2O/c;;;;2*3-1-2-5-4;3*2-1-3;1-2;/h4*1H4;2*4H,(H,2,3);3*(H,2,3);1H;1H2/p+1. The van der Waals surface area contributed by atoms with Gasteiger partial charge >= 0.3 is 1.43 Å². The minimum absolute atomic E-state index is 0. The van der Waals surface area contributed by atoms with Crippen LogP contribution in [0.15, 0.2) is 26.6 Å². The quantitative estimate of drug-likeness (QED) is 0.186. The highest BCUT2D eigenvalue weighted by molar-refractivity contribution is 3.97. The van der Waals surface area contributed by atoms with Crippen molar-refractivity contribution in [2.24, 2.45) is 26.6 Å². The van der Waals surface area contributed by atoms with Gasteiger partial charge < -0.3 is 21.1 Å². The summed E-state index contributed by atoms with van der Waals surface area (Å²) in [6, 6.07) is 0. The Morgan fingerprint density at radius 2 is 0.769 bits per heavy atom. The highest BCUT2D eigenvalue weighted by Gasteiger charge is 1.59. The van der Waals surface area contributed by atoms with Crippen molar-refractivity contribution in [1.29, 1.82) is 5.59 Å². The number of hydrogen-bond acceptors (Lipinski definition) is 16. The summed E-state index contributed by atoms with van der Waals surface area (Å²) in [5.74, 6) is 0. The summed E-state index contributed by atoms with van der Waals surface area (Å²) >= 11 is 0. The van der Waals surface area contributed by atoms with Gasteiger partial charge in [-0.15, -0.1) is 35.7 Å². The summed E-state index contributed by atoms with van der Waals surface area (Å²) in [7, 11) is 0. The van der Waals surface area contributed by atoms with Crippen LogP contribution in [0.3, 0.4) is 0 Å². The van der Waals surface area contributed by atoms with Crippen LogP contribution in [0.25, 0.3) is 0 Å². The molecule has 0 saturated carbocycles. The molecule has 0 aliphatic carbocycles. The second-order valence-corrected chi connectivity index (χ2v) is 0.793. The summed E-state index contributed by atoms with van der Waals surface area (Å²) in [6.07, 6.45) is 0. The van der Waals surface area contributed by atoms with Gasteiger partial charge in [-0.25, -0.2) is 10.5 Å². The monoisotopic (exact) mass is 411 g/mol. The zero-order valence-electron chi connectivity index (χ0n) is 10.7. The largest absolute Gasteiger partial charge is 1.00 e. The van der Waals surface area contributed by atoms with Crippen LogP contribution in [0.5, 0.6) is 0 Å². The van der Waals surface area contributed by atoms with E-state index in [1.54, 1.807) is 0 Å². The molecule has 0 aliphatic heterocycles. The Labute approximate surface area is 147 Å². The van der Waals surface area contributed by atoms with Gasteiger partial charge in [0.2, 0.25) is 0 Å². The molecule has 166 valence electrons. The van der Waals surface area contributed by atoms with E-state index in [-0.39, 0.29) is 36.6 Å². The molecule has 0 spiro atoms. The normalized spacial score (nSPS) is 4.08. The Bertz CT molecular complexity index is 182. The van der Waals surface area contributed by atoms with E-state index in [0.717, 1.165) is 0 Å². The first-order chi connectivity index (χ1) is 10.1. The van der Waals surface area contributed by atoms with Crippen LogP contribution in [-0.4, -0.2) is 31.6 Å². The van der Waals surface area contributed by atoms with Crippen molar-refractivity contribution in [3.8, 4) is 0 Å². The maximum Gasteiger partial charge on any atom is 1.00 e. The smallest absolute Gasteiger partial charge is 0.412 e. The Kier molecular flexibility index (Phi) is 927. The second-order valence-electron chi connectivity index (χ2n) is 0.793. The number of nitroso groups, excluding NO2 is 3. The molecule has 0 heterocycles. The van der Waals surface area contributed by atoms with Gasteiger partial charge in [0.1, 0.15) is 0 Å². The molecular weight excluding hydrogens is 384 g/mol. The fourth-order valence-electron chi connectivity index (χ4n) is 0.0333. The van der Waals surface area contributed by atoms with Gasteiger partial charge in [-0.2, -0.15) is 4.91 Å². The van der Waals surface area contributed by atoms with E-state index in [1.807, 2.05) is 10.6 Å². The average Bonchev–Trinajstić information content (AvgIpc) is 2.46. The molecule has 0 aromatic heterocycles. The zero-order valence-corrected chi connectivity index (χ0v) is 9.74. The fraction of sp³-hybridized carbons (Fsp3) is 1.00. The SMILES string of the molecule is C.C.C.C.N=O.O.O=NNOO.O=NNOO.O=NO.O=NO.O=NO.[H+]. The minimum Gasteiger partial charge on any atom is -0.412 e. The second kappa shape index (κ2) is 305. The van der Waals surface area contributed by atoms with Gasteiger partial charge in [0.05, 0.1) is 10.6 Å². The molecule has 0 amide bonds. The molecule has 0 aromatic carbocycles. The molecule has 0 atom stereocenters. The van der Waals surface area contributed by atoms with Crippen LogP contribution in [-0.2, 0) is 9.98 Å². The van der Waals surface area contributed by atoms with Crippen molar-refractivity contribution in [3.05, 3.63) is 29.4 Å². The summed E-state index contributed by atoms with van der Waals surface area (Å²) in [4.78, 5) is 55.3. The van der Waals surface area contributed by atoms with E-state index >= 15 is 0 Å². The van der Waals surface area contributed by atoms with E-state index in [0.29, 0.717) is 0 Å². The lowest BCUT2D eigenvalue weighted by molar-refractivity contribution is -0.292. The van der Waals surface area contributed by atoms with Crippen molar-refractivity contribution >= 4 is 0 Å². The topological polar surface area (TPSA) is 363 Å². The Balaban J connectivity index is -0.00000000980. The molecule has 0 saturated heterocycles. The van der Waals surface area contributed by atoms with Gasteiger partial charge in [-0.05, 0) is 0 Å². The first-order valence-electron chi connectivity index (χ1n) is 2.94. The third kappa shape index (κ3) is 48000. The number of hydrogen-bond donors (Lipinski definition) is 8. The lowest BCUT2D eigenvalue weighted by Gasteiger charge is -1.76. The summed E-state index contributed by atoms with van der Waals surface area (Å²) in [5.41, 5.74) is 6.97. The van der Waals surface area contributed by atoms with Crippen LogP contribution < -0.4 is 11.2 Å². The van der Waals surface area contributed by atoms with E-state index in [9.17, 15) is 0 Å². The molecule has 0 radical (unpaired) electrons. The van der Waals surface area contributed by atoms with Crippen LogP contribution in [0, 0.1) is 35.0 Å². The predicted molar refractivity (Wildman–Crippen MR) is 85.8 cm³/mol. The molecule has 22 heteroatoms. The van der Waals surface area contributed by atoms with Crippen LogP contribution in [0.2, 0.25) is 0 Å².